The highest BCUT2D eigenvalue weighted by atomic mass is 15.1. The van der Waals surface area contributed by atoms with Crippen LogP contribution in [0.5, 0.6) is 0 Å². The molecule has 45 heavy (non-hydrogen) atoms. The quantitative estimate of drug-likeness (QED) is 0.197. The van der Waals surface area contributed by atoms with Crippen LogP contribution >= 0.6 is 0 Å². The van der Waals surface area contributed by atoms with Gasteiger partial charge in [0.25, 0.3) is 0 Å². The minimum Gasteiger partial charge on any atom is -0.310 e. The number of rotatable bonds is 5. The zero-order valence-electron chi connectivity index (χ0n) is 25.3. The van der Waals surface area contributed by atoms with E-state index in [-0.39, 0.29) is 0 Å². The van der Waals surface area contributed by atoms with Gasteiger partial charge in [-0.2, -0.15) is 0 Å². The molecular formula is C44H35N. The van der Waals surface area contributed by atoms with E-state index >= 15 is 0 Å². The first-order chi connectivity index (χ1) is 22.3. The van der Waals surface area contributed by atoms with Gasteiger partial charge in [-0.05, 0) is 129 Å². The molecule has 0 aliphatic heterocycles. The van der Waals surface area contributed by atoms with Gasteiger partial charge in [0.2, 0.25) is 0 Å². The van der Waals surface area contributed by atoms with E-state index in [0.717, 1.165) is 17.8 Å². The van der Waals surface area contributed by atoms with Gasteiger partial charge in [-0.15, -0.1) is 0 Å². The van der Waals surface area contributed by atoms with Crippen LogP contribution in [0, 0.1) is 17.3 Å². The van der Waals surface area contributed by atoms with Gasteiger partial charge in [0.15, 0.2) is 0 Å². The Bertz CT molecular complexity index is 2040. The molecule has 1 nitrogen and oxygen atoms in total. The number of hydrogen-bond donors (Lipinski definition) is 0. The third-order valence-electron chi connectivity index (χ3n) is 12.0. The van der Waals surface area contributed by atoms with E-state index in [2.05, 4.69) is 157 Å². The molecule has 0 amide bonds. The van der Waals surface area contributed by atoms with Gasteiger partial charge in [0.05, 0.1) is 0 Å². The van der Waals surface area contributed by atoms with Gasteiger partial charge < -0.3 is 4.90 Å². The Balaban J connectivity index is 1.05. The molecule has 0 N–H and O–H groups in total. The number of fused-ring (bicyclic) bond motifs is 5. The van der Waals surface area contributed by atoms with Crippen molar-refractivity contribution < 1.29 is 0 Å². The summed E-state index contributed by atoms with van der Waals surface area (Å²) in [5, 5.41) is 0. The maximum absolute atomic E-state index is 2.50. The molecule has 0 bridgehead atoms. The second kappa shape index (κ2) is 9.56. The fraction of sp³-hybridized carbons (Fsp3) is 0.182. The fourth-order valence-corrected chi connectivity index (χ4v) is 9.93. The third kappa shape index (κ3) is 3.56. The highest BCUT2D eigenvalue weighted by Gasteiger charge is 2.76. The minimum atomic E-state index is 0.553. The Morgan fingerprint density at radius 3 is 1.53 bits per heavy atom. The van der Waals surface area contributed by atoms with Gasteiger partial charge in [0, 0.05) is 17.1 Å². The summed E-state index contributed by atoms with van der Waals surface area (Å²) in [6.45, 7) is 0. The molecular weight excluding hydrogens is 542 g/mol. The van der Waals surface area contributed by atoms with Crippen molar-refractivity contribution in [1.29, 1.82) is 0 Å². The Kier molecular flexibility index (Phi) is 5.41. The van der Waals surface area contributed by atoms with E-state index in [1.165, 1.54) is 69.7 Å². The molecule has 6 aromatic carbocycles. The summed E-state index contributed by atoms with van der Waals surface area (Å²) in [5.74, 6) is 3.35. The molecule has 0 radical (unpaired) electrons. The predicted octanol–water partition coefficient (Wildman–Crippen LogP) is 11.8. The summed E-state index contributed by atoms with van der Waals surface area (Å²) >= 11 is 0. The molecule has 0 heterocycles. The van der Waals surface area contributed by atoms with Crippen LogP contribution in [0.1, 0.15) is 42.2 Å². The molecule has 3 saturated carbocycles. The smallest absolute Gasteiger partial charge is 0.0467 e. The first-order valence-corrected chi connectivity index (χ1v) is 16.6. The van der Waals surface area contributed by atoms with Crippen LogP contribution in [-0.2, 0) is 0 Å². The molecule has 0 aromatic heterocycles. The Hall–Kier alpha value is -4.88. The monoisotopic (exact) mass is 577 g/mol. The molecule has 1 spiro atoms. The topological polar surface area (TPSA) is 3.24 Å². The molecule has 1 heteroatoms. The van der Waals surface area contributed by atoms with Crippen molar-refractivity contribution in [1.82, 2.24) is 0 Å². The van der Waals surface area contributed by atoms with Crippen molar-refractivity contribution >= 4 is 17.1 Å². The largest absolute Gasteiger partial charge is 0.310 e. The number of hydrogen-bond acceptors (Lipinski definition) is 1. The van der Waals surface area contributed by atoms with Crippen molar-refractivity contribution in [3.05, 3.63) is 163 Å². The van der Waals surface area contributed by atoms with Crippen molar-refractivity contribution in [2.24, 2.45) is 17.3 Å². The standard InChI is InChI=1S/C44H35N/c1-3-9-29(10-4-1)30-15-17-31(18-16-30)32-19-21-36(22-20-32)45(35-11-5-2-6-12-35)37-23-24-40-41(28-37)38-13-7-8-14-39(38)42-26-33-25-34-27-43(40)44(33,34)42/h1-24,28,33-34,42-43H,25-27H2. The fourth-order valence-electron chi connectivity index (χ4n) is 9.93. The van der Waals surface area contributed by atoms with E-state index in [1.807, 2.05) is 0 Å². The van der Waals surface area contributed by atoms with Crippen molar-refractivity contribution in [3.63, 3.8) is 0 Å². The lowest BCUT2D eigenvalue weighted by molar-refractivity contribution is -0.252. The SMILES string of the molecule is c1ccc(-c2ccc(-c3ccc(N(c4ccccc4)c4ccc5c(c4)-c4ccccc4C4CC6CC7CC5C674)cc3)cc2)cc1. The van der Waals surface area contributed by atoms with Gasteiger partial charge in [-0.3, -0.25) is 0 Å². The maximum atomic E-state index is 2.50. The van der Waals surface area contributed by atoms with Gasteiger partial charge in [0.1, 0.15) is 0 Å². The number of benzene rings is 6. The zero-order chi connectivity index (χ0) is 29.5. The lowest BCUT2D eigenvalue weighted by Gasteiger charge is -2.78. The normalized spacial score (nSPS) is 24.7. The van der Waals surface area contributed by atoms with Crippen LogP contribution < -0.4 is 4.90 Å². The summed E-state index contributed by atoms with van der Waals surface area (Å²) in [4.78, 5) is 2.43. The van der Waals surface area contributed by atoms with Crippen LogP contribution in [0.25, 0.3) is 33.4 Å². The summed E-state index contributed by atoms with van der Waals surface area (Å²) in [6.07, 6.45) is 4.24. The first kappa shape index (κ1) is 25.4. The summed E-state index contributed by atoms with van der Waals surface area (Å²) in [7, 11) is 0. The summed E-state index contributed by atoms with van der Waals surface area (Å²) in [6, 6.07) is 56.2. The van der Waals surface area contributed by atoms with Crippen molar-refractivity contribution in [2.45, 2.75) is 31.1 Å². The highest BCUT2D eigenvalue weighted by molar-refractivity contribution is 5.84. The van der Waals surface area contributed by atoms with E-state index in [9.17, 15) is 0 Å². The number of para-hydroxylation sites is 1. The lowest BCUT2D eigenvalue weighted by atomic mass is 9.25. The molecule has 4 aliphatic rings. The lowest BCUT2D eigenvalue weighted by Crippen LogP contribution is -2.70. The van der Waals surface area contributed by atoms with E-state index in [4.69, 9.17) is 0 Å². The first-order valence-electron chi connectivity index (χ1n) is 16.6. The Morgan fingerprint density at radius 2 is 0.889 bits per heavy atom. The summed E-state index contributed by atoms with van der Waals surface area (Å²) in [5.41, 5.74) is 15.2. The van der Waals surface area contributed by atoms with Gasteiger partial charge in [-0.25, -0.2) is 0 Å². The van der Waals surface area contributed by atoms with Crippen LogP contribution in [0.2, 0.25) is 0 Å². The number of anilines is 3. The van der Waals surface area contributed by atoms with Crippen LogP contribution in [0.15, 0.2) is 152 Å². The molecule has 5 unspecified atom stereocenters. The minimum absolute atomic E-state index is 0.553. The average molecular weight is 578 g/mol. The molecule has 0 saturated heterocycles. The van der Waals surface area contributed by atoms with E-state index < -0.39 is 0 Å². The van der Waals surface area contributed by atoms with Gasteiger partial charge >= 0.3 is 0 Å². The zero-order valence-corrected chi connectivity index (χ0v) is 25.3. The molecule has 10 rings (SSSR count). The predicted molar refractivity (Wildman–Crippen MR) is 186 cm³/mol. The Labute approximate surface area is 265 Å². The van der Waals surface area contributed by atoms with E-state index in [1.54, 1.807) is 11.1 Å². The second-order valence-electron chi connectivity index (χ2n) is 13.7. The third-order valence-corrected chi connectivity index (χ3v) is 12.0. The molecule has 5 atom stereocenters. The Morgan fingerprint density at radius 1 is 0.400 bits per heavy atom. The highest BCUT2D eigenvalue weighted by Crippen LogP contribution is 2.85. The van der Waals surface area contributed by atoms with Crippen LogP contribution in [0.3, 0.4) is 0 Å². The van der Waals surface area contributed by atoms with Crippen LogP contribution in [0.4, 0.5) is 17.1 Å². The average Bonchev–Trinajstić information content (AvgIpc) is 3.19. The van der Waals surface area contributed by atoms with Crippen LogP contribution in [-0.4, -0.2) is 0 Å². The molecule has 4 aliphatic carbocycles. The molecule has 6 aromatic rings. The summed E-state index contributed by atoms with van der Waals surface area (Å²) < 4.78 is 0. The van der Waals surface area contributed by atoms with Crippen molar-refractivity contribution in [3.8, 4) is 33.4 Å². The van der Waals surface area contributed by atoms with Gasteiger partial charge in [-0.1, -0.05) is 115 Å². The molecule has 3 fully saturated rings. The van der Waals surface area contributed by atoms with Crippen molar-refractivity contribution in [2.75, 3.05) is 4.90 Å². The number of nitrogens with zero attached hydrogens (tertiary/aromatic N) is 1. The maximum Gasteiger partial charge on any atom is 0.0467 e. The van der Waals surface area contributed by atoms with E-state index in [0.29, 0.717) is 11.3 Å². The molecule has 216 valence electrons. The second-order valence-corrected chi connectivity index (χ2v) is 13.7.